The number of aromatic nitrogens is 6. The molecule has 0 saturated heterocycles. The minimum absolute atomic E-state index is 0.238. The van der Waals surface area contributed by atoms with E-state index < -0.39 is 10.1 Å². The molecule has 12 heteroatoms. The molecule has 35 heavy (non-hydrogen) atoms. The molecule has 0 spiro atoms. The van der Waals surface area contributed by atoms with Gasteiger partial charge in [-0.1, -0.05) is 12.1 Å². The molecule has 11 nitrogen and oxygen atoms in total. The van der Waals surface area contributed by atoms with E-state index in [0.717, 1.165) is 11.3 Å². The quantitative estimate of drug-likeness (QED) is 0.334. The van der Waals surface area contributed by atoms with Gasteiger partial charge in [0.2, 0.25) is 11.9 Å². The lowest BCUT2D eigenvalue weighted by Gasteiger charge is -2.14. The average Bonchev–Trinajstić information content (AvgIpc) is 2.72. The van der Waals surface area contributed by atoms with E-state index in [2.05, 4.69) is 40.5 Å². The van der Waals surface area contributed by atoms with Gasteiger partial charge in [-0.3, -0.25) is 4.55 Å². The summed E-state index contributed by atoms with van der Waals surface area (Å²) in [5.41, 5.74) is 2.92. The Kier molecular flexibility index (Phi) is 6.41. The second-order valence-electron chi connectivity index (χ2n) is 7.97. The fraction of sp³-hybridized carbons (Fsp3) is 0.217. The molecule has 0 unspecified atom stereocenters. The zero-order valence-electron chi connectivity index (χ0n) is 19.8. The van der Waals surface area contributed by atoms with Crippen LogP contribution in [0.15, 0.2) is 41.3 Å². The van der Waals surface area contributed by atoms with Gasteiger partial charge < -0.3 is 10.6 Å². The first kappa shape index (κ1) is 24.1. The normalized spacial score (nSPS) is 11.4. The van der Waals surface area contributed by atoms with Gasteiger partial charge in [0.1, 0.15) is 28.2 Å². The average molecular weight is 493 g/mol. The SMILES string of the molecule is Cc1nc(C)nc(Nc2ccc(-c3ccc(Nc4nc(C)nc(C)n4)cc3S(=O)(=O)O)c(C)c2)n1. The number of benzene rings is 2. The summed E-state index contributed by atoms with van der Waals surface area (Å²) in [6.45, 7) is 8.88. The molecule has 0 aliphatic rings. The van der Waals surface area contributed by atoms with Gasteiger partial charge in [-0.2, -0.15) is 28.4 Å². The third-order valence-electron chi connectivity index (χ3n) is 5.01. The zero-order valence-corrected chi connectivity index (χ0v) is 20.6. The van der Waals surface area contributed by atoms with Crippen molar-refractivity contribution in [2.24, 2.45) is 0 Å². The van der Waals surface area contributed by atoms with Crippen LogP contribution < -0.4 is 10.6 Å². The molecule has 0 aliphatic carbocycles. The number of aryl methyl sites for hydroxylation is 5. The van der Waals surface area contributed by atoms with Gasteiger partial charge in [-0.25, -0.2) is 9.97 Å². The summed E-state index contributed by atoms with van der Waals surface area (Å²) in [7, 11) is -4.53. The van der Waals surface area contributed by atoms with Gasteiger partial charge >= 0.3 is 0 Å². The first-order valence-electron chi connectivity index (χ1n) is 10.6. The van der Waals surface area contributed by atoms with E-state index in [0.29, 0.717) is 46.1 Å². The van der Waals surface area contributed by atoms with Crippen LogP contribution in [0.4, 0.5) is 23.3 Å². The summed E-state index contributed by atoms with van der Waals surface area (Å²) in [6, 6.07) is 10.1. The lowest BCUT2D eigenvalue weighted by Crippen LogP contribution is -2.06. The summed E-state index contributed by atoms with van der Waals surface area (Å²) in [5.74, 6) is 2.95. The van der Waals surface area contributed by atoms with Crippen molar-refractivity contribution in [1.82, 2.24) is 29.9 Å². The highest BCUT2D eigenvalue weighted by molar-refractivity contribution is 7.86. The van der Waals surface area contributed by atoms with Gasteiger partial charge in [-0.15, -0.1) is 0 Å². The molecule has 2 aromatic heterocycles. The molecule has 4 rings (SSSR count). The van der Waals surface area contributed by atoms with Crippen LogP contribution in [0, 0.1) is 34.6 Å². The van der Waals surface area contributed by atoms with Crippen LogP contribution in [-0.4, -0.2) is 42.9 Å². The number of hydrogen-bond acceptors (Lipinski definition) is 10. The van der Waals surface area contributed by atoms with Crippen LogP contribution >= 0.6 is 0 Å². The zero-order chi connectivity index (χ0) is 25.3. The molecule has 0 atom stereocenters. The second-order valence-corrected chi connectivity index (χ2v) is 9.36. The monoisotopic (exact) mass is 492 g/mol. The van der Waals surface area contributed by atoms with Crippen molar-refractivity contribution in [1.29, 1.82) is 0 Å². The number of anilines is 4. The van der Waals surface area contributed by atoms with Gasteiger partial charge in [0.15, 0.2) is 0 Å². The first-order chi connectivity index (χ1) is 16.5. The van der Waals surface area contributed by atoms with Crippen molar-refractivity contribution < 1.29 is 13.0 Å². The van der Waals surface area contributed by atoms with Crippen molar-refractivity contribution in [3.8, 4) is 11.1 Å². The lowest BCUT2D eigenvalue weighted by molar-refractivity contribution is 0.483. The maximum absolute atomic E-state index is 12.3. The van der Waals surface area contributed by atoms with Gasteiger partial charge in [-0.05, 0) is 70.0 Å². The fourth-order valence-corrected chi connectivity index (χ4v) is 4.41. The second kappa shape index (κ2) is 9.31. The molecule has 0 fully saturated rings. The fourth-order valence-electron chi connectivity index (χ4n) is 3.68. The Labute approximate surface area is 202 Å². The summed E-state index contributed by atoms with van der Waals surface area (Å²) in [5, 5.41) is 6.11. The number of hydrogen-bond donors (Lipinski definition) is 3. The number of rotatable bonds is 6. The maximum atomic E-state index is 12.3. The van der Waals surface area contributed by atoms with Crippen molar-refractivity contribution in [3.05, 3.63) is 65.3 Å². The Morgan fingerprint density at radius 3 is 1.49 bits per heavy atom. The van der Waals surface area contributed by atoms with Gasteiger partial charge in [0.05, 0.1) is 0 Å². The van der Waals surface area contributed by atoms with Crippen LogP contribution in [0.1, 0.15) is 28.9 Å². The number of nitrogens with one attached hydrogen (secondary N) is 2. The third kappa shape index (κ3) is 5.73. The maximum Gasteiger partial charge on any atom is 0.295 e. The van der Waals surface area contributed by atoms with E-state index >= 15 is 0 Å². The molecule has 2 aromatic carbocycles. The topological polar surface area (TPSA) is 156 Å². The van der Waals surface area contributed by atoms with E-state index in [4.69, 9.17) is 0 Å². The minimum Gasteiger partial charge on any atom is -0.324 e. The predicted octanol–water partition coefficient (Wildman–Crippen LogP) is 4.00. The van der Waals surface area contributed by atoms with E-state index in [1.165, 1.54) is 6.07 Å². The molecular formula is C23H24N8O3S. The third-order valence-corrected chi connectivity index (χ3v) is 5.90. The molecule has 0 bridgehead atoms. The molecule has 2 heterocycles. The molecule has 0 saturated carbocycles. The smallest absolute Gasteiger partial charge is 0.295 e. The highest BCUT2D eigenvalue weighted by atomic mass is 32.2. The van der Waals surface area contributed by atoms with Crippen LogP contribution in [0.5, 0.6) is 0 Å². The van der Waals surface area contributed by atoms with Crippen molar-refractivity contribution >= 4 is 33.4 Å². The Balaban J connectivity index is 1.69. The van der Waals surface area contributed by atoms with E-state index in [-0.39, 0.29) is 10.8 Å². The van der Waals surface area contributed by atoms with Gasteiger partial charge in [0.25, 0.3) is 10.1 Å². The molecule has 0 radical (unpaired) electrons. The molecule has 3 N–H and O–H groups in total. The van der Waals surface area contributed by atoms with Crippen molar-refractivity contribution in [2.45, 2.75) is 39.5 Å². The first-order valence-corrected chi connectivity index (χ1v) is 12.1. The standard InChI is InChI=1S/C23H24N8O3S/c1-12-10-17(30-22-26-13(2)24-14(3)27-22)6-8-19(12)20-9-7-18(11-21(20)35(32,33)34)31-23-28-15(4)25-16(5)29-23/h6-11H,1-5H3,(H,32,33,34)(H,24,26,27,30)(H,25,28,29,31). The predicted molar refractivity (Wildman–Crippen MR) is 132 cm³/mol. The van der Waals surface area contributed by atoms with E-state index in [9.17, 15) is 13.0 Å². The van der Waals surface area contributed by atoms with Crippen LogP contribution in [0.3, 0.4) is 0 Å². The van der Waals surface area contributed by atoms with Crippen molar-refractivity contribution in [2.75, 3.05) is 10.6 Å². The highest BCUT2D eigenvalue weighted by Crippen LogP contribution is 2.34. The number of nitrogens with zero attached hydrogens (tertiary/aromatic N) is 6. The van der Waals surface area contributed by atoms with Crippen molar-refractivity contribution in [3.63, 3.8) is 0 Å². The molecular weight excluding hydrogens is 468 g/mol. The minimum atomic E-state index is -4.53. The largest absolute Gasteiger partial charge is 0.324 e. The molecule has 4 aromatic rings. The van der Waals surface area contributed by atoms with Crippen LogP contribution in [0.2, 0.25) is 0 Å². The van der Waals surface area contributed by atoms with Gasteiger partial charge in [0, 0.05) is 16.9 Å². The Bertz CT molecular complexity index is 1500. The lowest BCUT2D eigenvalue weighted by atomic mass is 9.99. The Morgan fingerprint density at radius 1 is 0.629 bits per heavy atom. The van der Waals surface area contributed by atoms with E-state index in [1.807, 2.05) is 13.0 Å². The van der Waals surface area contributed by atoms with Crippen LogP contribution in [-0.2, 0) is 10.1 Å². The highest BCUT2D eigenvalue weighted by Gasteiger charge is 2.19. The Morgan fingerprint density at radius 2 is 1.06 bits per heavy atom. The summed E-state index contributed by atoms with van der Waals surface area (Å²) < 4.78 is 34.5. The molecule has 0 aliphatic heterocycles. The van der Waals surface area contributed by atoms with Crippen LogP contribution in [0.25, 0.3) is 11.1 Å². The summed E-state index contributed by atoms with van der Waals surface area (Å²) >= 11 is 0. The summed E-state index contributed by atoms with van der Waals surface area (Å²) in [6.07, 6.45) is 0. The molecule has 180 valence electrons. The Hall–Kier alpha value is -4.03. The summed E-state index contributed by atoms with van der Waals surface area (Å²) in [4.78, 5) is 25.0. The van der Waals surface area contributed by atoms with E-state index in [1.54, 1.807) is 52.0 Å². The molecule has 0 amide bonds.